The molecule has 0 saturated carbocycles. The summed E-state index contributed by atoms with van der Waals surface area (Å²) in [5, 5.41) is 20.2. The fourth-order valence-electron chi connectivity index (χ4n) is 4.09. The summed E-state index contributed by atoms with van der Waals surface area (Å²) in [5.74, 6) is -0.653. The summed E-state index contributed by atoms with van der Waals surface area (Å²) in [5.41, 5.74) is 3.17. The van der Waals surface area contributed by atoms with E-state index >= 15 is 0 Å². The summed E-state index contributed by atoms with van der Waals surface area (Å²) in [7, 11) is 0. The Labute approximate surface area is 159 Å². The number of aliphatic hydroxyl groups excluding tert-OH is 2. The van der Waals surface area contributed by atoms with Crippen LogP contribution in [0.2, 0.25) is 0 Å². The SMILES string of the molecule is Cc1cc(C2=C(C=C[C@H]3C[C@H](O)CC(=O)O3)C(C)(C)CC(O)C2)ccc1F. The van der Waals surface area contributed by atoms with E-state index in [1.165, 1.54) is 6.07 Å². The number of aryl methyl sites for hydroxylation is 1. The van der Waals surface area contributed by atoms with Gasteiger partial charge in [-0.25, -0.2) is 4.39 Å². The van der Waals surface area contributed by atoms with E-state index in [0.717, 1.165) is 16.7 Å². The van der Waals surface area contributed by atoms with E-state index in [-0.39, 0.29) is 17.7 Å². The third-order valence-electron chi connectivity index (χ3n) is 5.41. The molecular weight excluding hydrogens is 347 g/mol. The minimum atomic E-state index is -0.685. The fourth-order valence-corrected chi connectivity index (χ4v) is 4.09. The van der Waals surface area contributed by atoms with Gasteiger partial charge >= 0.3 is 5.97 Å². The van der Waals surface area contributed by atoms with Gasteiger partial charge in [0.05, 0.1) is 18.6 Å². The average molecular weight is 374 g/mol. The van der Waals surface area contributed by atoms with Gasteiger partial charge in [-0.1, -0.05) is 26.0 Å². The molecule has 0 aromatic heterocycles. The van der Waals surface area contributed by atoms with Crippen LogP contribution in [0.15, 0.2) is 35.9 Å². The topological polar surface area (TPSA) is 66.8 Å². The quantitative estimate of drug-likeness (QED) is 0.792. The molecule has 2 aliphatic rings. The second-order valence-corrected chi connectivity index (χ2v) is 8.28. The van der Waals surface area contributed by atoms with E-state index in [4.69, 9.17) is 4.74 Å². The van der Waals surface area contributed by atoms with Crippen molar-refractivity contribution < 1.29 is 24.1 Å². The predicted octanol–water partition coefficient (Wildman–Crippen LogP) is 3.69. The molecule has 1 aliphatic carbocycles. The zero-order chi connectivity index (χ0) is 19.8. The first-order chi connectivity index (χ1) is 12.7. The summed E-state index contributed by atoms with van der Waals surface area (Å²) >= 11 is 0. The number of ether oxygens (including phenoxy) is 1. The lowest BCUT2D eigenvalue weighted by Crippen LogP contribution is -2.32. The van der Waals surface area contributed by atoms with E-state index in [0.29, 0.717) is 24.8 Å². The molecule has 0 radical (unpaired) electrons. The van der Waals surface area contributed by atoms with Crippen molar-refractivity contribution in [3.05, 3.63) is 52.9 Å². The third kappa shape index (κ3) is 4.47. The number of aliphatic hydroxyl groups is 2. The van der Waals surface area contributed by atoms with Crippen LogP contribution in [0.1, 0.15) is 50.7 Å². The predicted molar refractivity (Wildman–Crippen MR) is 101 cm³/mol. The van der Waals surface area contributed by atoms with Gasteiger partial charge in [-0.05, 0) is 65.7 Å². The molecule has 0 amide bonds. The van der Waals surface area contributed by atoms with Crippen molar-refractivity contribution in [2.75, 3.05) is 0 Å². The van der Waals surface area contributed by atoms with Crippen LogP contribution >= 0.6 is 0 Å². The number of rotatable bonds is 3. The molecule has 1 aliphatic heterocycles. The molecule has 1 heterocycles. The minimum absolute atomic E-state index is 0.0326. The molecule has 0 bridgehead atoms. The number of cyclic esters (lactones) is 1. The third-order valence-corrected chi connectivity index (χ3v) is 5.41. The Morgan fingerprint density at radius 2 is 1.96 bits per heavy atom. The number of benzene rings is 1. The molecule has 0 spiro atoms. The van der Waals surface area contributed by atoms with Crippen LogP contribution in [0.25, 0.3) is 5.57 Å². The van der Waals surface area contributed by atoms with Gasteiger partial charge in [0.2, 0.25) is 0 Å². The summed E-state index contributed by atoms with van der Waals surface area (Å²) in [6.07, 6.45) is 3.65. The van der Waals surface area contributed by atoms with Gasteiger partial charge in [0.1, 0.15) is 11.9 Å². The van der Waals surface area contributed by atoms with E-state index < -0.39 is 24.3 Å². The lowest BCUT2D eigenvalue weighted by molar-refractivity contribution is -0.156. The highest BCUT2D eigenvalue weighted by Crippen LogP contribution is 2.45. The van der Waals surface area contributed by atoms with Gasteiger partial charge in [0.15, 0.2) is 0 Å². The summed E-state index contributed by atoms with van der Waals surface area (Å²) < 4.78 is 19.0. The highest BCUT2D eigenvalue weighted by molar-refractivity contribution is 5.74. The normalized spacial score (nSPS) is 28.5. The molecule has 3 atom stereocenters. The van der Waals surface area contributed by atoms with E-state index in [1.807, 2.05) is 12.2 Å². The Kier molecular flexibility index (Phi) is 5.54. The van der Waals surface area contributed by atoms with E-state index in [2.05, 4.69) is 13.8 Å². The molecule has 3 rings (SSSR count). The van der Waals surface area contributed by atoms with Crippen molar-refractivity contribution in [2.45, 2.75) is 64.8 Å². The number of halogens is 1. The Bertz CT molecular complexity index is 794. The number of hydrogen-bond acceptors (Lipinski definition) is 4. The maximum Gasteiger partial charge on any atom is 0.309 e. The molecule has 1 saturated heterocycles. The molecule has 146 valence electrons. The number of esters is 1. The molecular formula is C22H27FO4. The van der Waals surface area contributed by atoms with Gasteiger partial charge < -0.3 is 14.9 Å². The maximum atomic E-state index is 13.7. The lowest BCUT2D eigenvalue weighted by Gasteiger charge is -2.37. The molecule has 1 aromatic rings. The van der Waals surface area contributed by atoms with E-state index in [9.17, 15) is 19.4 Å². The van der Waals surface area contributed by atoms with Crippen LogP contribution in [0, 0.1) is 18.2 Å². The average Bonchev–Trinajstić information content (AvgIpc) is 2.54. The molecule has 2 N–H and O–H groups in total. The van der Waals surface area contributed by atoms with Gasteiger partial charge in [-0.3, -0.25) is 4.79 Å². The summed E-state index contributed by atoms with van der Waals surface area (Å²) in [6, 6.07) is 4.99. The Morgan fingerprint density at radius 1 is 1.22 bits per heavy atom. The largest absolute Gasteiger partial charge is 0.458 e. The lowest BCUT2D eigenvalue weighted by atomic mass is 9.69. The van der Waals surface area contributed by atoms with Crippen molar-refractivity contribution in [3.8, 4) is 0 Å². The maximum absolute atomic E-state index is 13.7. The first-order valence-electron chi connectivity index (χ1n) is 9.39. The van der Waals surface area contributed by atoms with Crippen molar-refractivity contribution in [1.82, 2.24) is 0 Å². The minimum Gasteiger partial charge on any atom is -0.458 e. The van der Waals surface area contributed by atoms with Gasteiger partial charge in [0.25, 0.3) is 0 Å². The van der Waals surface area contributed by atoms with Crippen molar-refractivity contribution in [2.24, 2.45) is 5.41 Å². The zero-order valence-electron chi connectivity index (χ0n) is 16.0. The highest BCUT2D eigenvalue weighted by atomic mass is 19.1. The standard InChI is InChI=1S/C22H27FO4/c1-13-8-14(4-7-20(13)23)18-10-16(25)12-22(2,3)19(18)6-5-17-9-15(24)11-21(26)27-17/h4-8,15-17,24-25H,9-12H2,1-3H3/t15-,16?,17-/m0/s1. The second-order valence-electron chi connectivity index (χ2n) is 8.28. The first-order valence-corrected chi connectivity index (χ1v) is 9.39. The van der Waals surface area contributed by atoms with Crippen LogP contribution in [-0.4, -0.2) is 34.5 Å². The Balaban J connectivity index is 2.00. The molecule has 5 heteroatoms. The first kappa shape index (κ1) is 19.8. The number of carbonyl (C=O) groups excluding carboxylic acids is 1. The monoisotopic (exact) mass is 374 g/mol. The molecule has 1 fully saturated rings. The van der Waals surface area contributed by atoms with Crippen molar-refractivity contribution in [1.29, 1.82) is 0 Å². The molecule has 1 aromatic carbocycles. The highest BCUT2D eigenvalue weighted by Gasteiger charge is 2.34. The Hall–Kier alpha value is -1.98. The number of hydrogen-bond donors (Lipinski definition) is 2. The number of allylic oxidation sites excluding steroid dienone is 2. The summed E-state index contributed by atoms with van der Waals surface area (Å²) in [6.45, 7) is 5.85. The van der Waals surface area contributed by atoms with Crippen LogP contribution in [0.3, 0.4) is 0 Å². The summed E-state index contributed by atoms with van der Waals surface area (Å²) in [4.78, 5) is 11.6. The van der Waals surface area contributed by atoms with Crippen LogP contribution < -0.4 is 0 Å². The zero-order valence-corrected chi connectivity index (χ0v) is 16.0. The van der Waals surface area contributed by atoms with Gasteiger partial charge in [-0.2, -0.15) is 0 Å². The molecule has 27 heavy (non-hydrogen) atoms. The van der Waals surface area contributed by atoms with E-state index in [1.54, 1.807) is 19.1 Å². The molecule has 4 nitrogen and oxygen atoms in total. The van der Waals surface area contributed by atoms with Crippen molar-refractivity contribution in [3.63, 3.8) is 0 Å². The van der Waals surface area contributed by atoms with Crippen LogP contribution in [-0.2, 0) is 9.53 Å². The van der Waals surface area contributed by atoms with Crippen molar-refractivity contribution >= 4 is 11.5 Å². The smallest absolute Gasteiger partial charge is 0.309 e. The van der Waals surface area contributed by atoms with Crippen LogP contribution in [0.5, 0.6) is 0 Å². The van der Waals surface area contributed by atoms with Crippen LogP contribution in [0.4, 0.5) is 4.39 Å². The fraction of sp³-hybridized carbons (Fsp3) is 0.500. The molecule has 1 unspecified atom stereocenters. The second kappa shape index (κ2) is 7.56. The van der Waals surface area contributed by atoms with Gasteiger partial charge in [0, 0.05) is 6.42 Å². The van der Waals surface area contributed by atoms with Gasteiger partial charge in [-0.15, -0.1) is 0 Å². The number of carbonyl (C=O) groups is 1. The Morgan fingerprint density at radius 3 is 2.63 bits per heavy atom.